The molecular weight excluding hydrogens is 232 g/mol. The average Bonchev–Trinajstić information content (AvgIpc) is 2.38. The molecule has 1 fully saturated rings. The maximum absolute atomic E-state index is 3.71. The van der Waals surface area contributed by atoms with Crippen molar-refractivity contribution in [1.82, 2.24) is 10.2 Å². The second kappa shape index (κ2) is 5.64. The summed E-state index contributed by atoms with van der Waals surface area (Å²) in [7, 11) is 0. The lowest BCUT2D eigenvalue weighted by molar-refractivity contribution is 0.127. The van der Waals surface area contributed by atoms with Crippen LogP contribution in [0.1, 0.15) is 37.4 Å². The molecule has 3 unspecified atom stereocenters. The van der Waals surface area contributed by atoms with E-state index in [9.17, 15) is 0 Å². The van der Waals surface area contributed by atoms with Gasteiger partial charge in [-0.3, -0.25) is 0 Å². The number of likely N-dealkylation sites (tertiary alicyclic amines) is 1. The molecule has 1 aromatic carbocycles. The van der Waals surface area contributed by atoms with Crippen molar-refractivity contribution in [2.75, 3.05) is 26.2 Å². The predicted octanol–water partition coefficient (Wildman–Crippen LogP) is 2.85. The standard InChI is InChI=1S/C17H26N2/c1-13-9-14(2)11-19(10-13)12-17-16-6-4-3-5-15(16)7-8-18-17/h3-6,13-14,17-18H,7-12H2,1-2H3. The maximum atomic E-state index is 3.71. The van der Waals surface area contributed by atoms with Gasteiger partial charge in [0.05, 0.1) is 0 Å². The van der Waals surface area contributed by atoms with E-state index in [1.54, 1.807) is 5.56 Å². The Hall–Kier alpha value is -0.860. The molecule has 3 rings (SSSR count). The van der Waals surface area contributed by atoms with Crippen LogP contribution in [-0.4, -0.2) is 31.1 Å². The van der Waals surface area contributed by atoms with Crippen LogP contribution in [0.4, 0.5) is 0 Å². The SMILES string of the molecule is CC1CC(C)CN(CC2NCCc3ccccc32)C1. The molecule has 0 radical (unpaired) electrons. The van der Waals surface area contributed by atoms with Gasteiger partial charge in [0, 0.05) is 25.7 Å². The van der Waals surface area contributed by atoms with Crippen LogP contribution in [0.25, 0.3) is 0 Å². The number of rotatable bonds is 2. The molecule has 104 valence electrons. The summed E-state index contributed by atoms with van der Waals surface area (Å²) in [4.78, 5) is 2.67. The third-order valence-electron chi connectivity index (χ3n) is 4.60. The first-order valence-electron chi connectivity index (χ1n) is 7.76. The van der Waals surface area contributed by atoms with Crippen LogP contribution in [-0.2, 0) is 6.42 Å². The predicted molar refractivity (Wildman–Crippen MR) is 80.3 cm³/mol. The summed E-state index contributed by atoms with van der Waals surface area (Å²) >= 11 is 0. The first-order valence-corrected chi connectivity index (χ1v) is 7.76. The molecule has 0 amide bonds. The van der Waals surface area contributed by atoms with Gasteiger partial charge in [-0.05, 0) is 42.3 Å². The van der Waals surface area contributed by atoms with Gasteiger partial charge in [-0.2, -0.15) is 0 Å². The Morgan fingerprint density at radius 3 is 2.68 bits per heavy atom. The Morgan fingerprint density at radius 2 is 1.89 bits per heavy atom. The van der Waals surface area contributed by atoms with Gasteiger partial charge in [0.1, 0.15) is 0 Å². The summed E-state index contributed by atoms with van der Waals surface area (Å²) < 4.78 is 0. The van der Waals surface area contributed by atoms with Crippen LogP contribution in [0.2, 0.25) is 0 Å². The highest BCUT2D eigenvalue weighted by molar-refractivity contribution is 5.32. The van der Waals surface area contributed by atoms with Crippen molar-refractivity contribution in [2.24, 2.45) is 11.8 Å². The zero-order chi connectivity index (χ0) is 13.2. The number of hydrogen-bond donors (Lipinski definition) is 1. The summed E-state index contributed by atoms with van der Waals surface area (Å²) in [5.74, 6) is 1.70. The van der Waals surface area contributed by atoms with E-state index in [1.165, 1.54) is 38.0 Å². The van der Waals surface area contributed by atoms with Crippen molar-refractivity contribution in [3.8, 4) is 0 Å². The molecule has 1 aromatic rings. The van der Waals surface area contributed by atoms with Crippen molar-refractivity contribution < 1.29 is 0 Å². The largest absolute Gasteiger partial charge is 0.309 e. The van der Waals surface area contributed by atoms with Gasteiger partial charge in [-0.1, -0.05) is 38.1 Å². The average molecular weight is 258 g/mol. The first kappa shape index (κ1) is 13.1. The summed E-state index contributed by atoms with van der Waals surface area (Å²) in [6.45, 7) is 9.62. The fourth-order valence-electron chi connectivity index (χ4n) is 3.96. The second-order valence-electron chi connectivity index (χ2n) is 6.62. The number of piperidine rings is 1. The van der Waals surface area contributed by atoms with Gasteiger partial charge in [0.15, 0.2) is 0 Å². The summed E-state index contributed by atoms with van der Waals surface area (Å²) in [5, 5.41) is 3.71. The van der Waals surface area contributed by atoms with E-state index in [1.807, 2.05) is 0 Å². The van der Waals surface area contributed by atoms with Crippen LogP contribution in [0.15, 0.2) is 24.3 Å². The molecule has 1 saturated heterocycles. The van der Waals surface area contributed by atoms with Gasteiger partial charge in [0.25, 0.3) is 0 Å². The molecule has 0 spiro atoms. The molecule has 1 N–H and O–H groups in total. The summed E-state index contributed by atoms with van der Waals surface area (Å²) in [6, 6.07) is 9.49. The lowest BCUT2D eigenvalue weighted by Gasteiger charge is -2.38. The number of fused-ring (bicyclic) bond motifs is 1. The van der Waals surface area contributed by atoms with Gasteiger partial charge in [-0.25, -0.2) is 0 Å². The second-order valence-corrected chi connectivity index (χ2v) is 6.62. The molecule has 0 saturated carbocycles. The molecule has 2 aliphatic heterocycles. The Kier molecular flexibility index (Phi) is 3.90. The highest BCUT2D eigenvalue weighted by atomic mass is 15.2. The highest BCUT2D eigenvalue weighted by Crippen LogP contribution is 2.26. The first-order chi connectivity index (χ1) is 9.22. The van der Waals surface area contributed by atoms with E-state index in [2.05, 4.69) is 48.3 Å². The van der Waals surface area contributed by atoms with E-state index < -0.39 is 0 Å². The van der Waals surface area contributed by atoms with E-state index in [4.69, 9.17) is 0 Å². The van der Waals surface area contributed by atoms with Gasteiger partial charge in [0.2, 0.25) is 0 Å². The molecule has 0 aliphatic carbocycles. The third kappa shape index (κ3) is 3.01. The minimum Gasteiger partial charge on any atom is -0.309 e. The minimum absolute atomic E-state index is 0.530. The summed E-state index contributed by atoms with van der Waals surface area (Å²) in [5.41, 5.74) is 3.07. The molecule has 2 heterocycles. The molecule has 19 heavy (non-hydrogen) atoms. The van der Waals surface area contributed by atoms with Crippen molar-refractivity contribution >= 4 is 0 Å². The minimum atomic E-state index is 0.530. The topological polar surface area (TPSA) is 15.3 Å². The lowest BCUT2D eigenvalue weighted by atomic mass is 9.90. The normalized spacial score (nSPS) is 32.0. The van der Waals surface area contributed by atoms with Gasteiger partial charge < -0.3 is 10.2 Å². The number of nitrogens with one attached hydrogen (secondary N) is 1. The highest BCUT2D eigenvalue weighted by Gasteiger charge is 2.26. The molecule has 2 heteroatoms. The van der Waals surface area contributed by atoms with Gasteiger partial charge in [-0.15, -0.1) is 0 Å². The lowest BCUT2D eigenvalue weighted by Crippen LogP contribution is -2.44. The molecule has 2 nitrogen and oxygen atoms in total. The quantitative estimate of drug-likeness (QED) is 0.877. The number of nitrogens with zero attached hydrogens (tertiary/aromatic N) is 1. The Labute approximate surface area is 117 Å². The molecule has 3 atom stereocenters. The fraction of sp³-hybridized carbons (Fsp3) is 0.647. The zero-order valence-corrected chi connectivity index (χ0v) is 12.2. The Balaban J connectivity index is 1.70. The Bertz CT molecular complexity index is 419. The van der Waals surface area contributed by atoms with E-state index in [0.29, 0.717) is 6.04 Å². The van der Waals surface area contributed by atoms with Crippen LogP contribution in [0, 0.1) is 11.8 Å². The van der Waals surface area contributed by atoms with Crippen LogP contribution in [0.5, 0.6) is 0 Å². The molecular formula is C17H26N2. The van der Waals surface area contributed by atoms with Crippen molar-refractivity contribution in [1.29, 1.82) is 0 Å². The molecule has 2 aliphatic rings. The molecule has 0 bridgehead atoms. The van der Waals surface area contributed by atoms with Crippen LogP contribution >= 0.6 is 0 Å². The van der Waals surface area contributed by atoms with E-state index >= 15 is 0 Å². The zero-order valence-electron chi connectivity index (χ0n) is 12.2. The van der Waals surface area contributed by atoms with Crippen LogP contribution < -0.4 is 5.32 Å². The number of hydrogen-bond acceptors (Lipinski definition) is 2. The van der Waals surface area contributed by atoms with Gasteiger partial charge >= 0.3 is 0 Å². The van der Waals surface area contributed by atoms with Crippen molar-refractivity contribution in [3.63, 3.8) is 0 Å². The van der Waals surface area contributed by atoms with E-state index in [0.717, 1.165) is 18.4 Å². The molecule has 0 aromatic heterocycles. The smallest absolute Gasteiger partial charge is 0.0452 e. The number of benzene rings is 1. The van der Waals surface area contributed by atoms with Crippen LogP contribution in [0.3, 0.4) is 0 Å². The third-order valence-corrected chi connectivity index (χ3v) is 4.60. The van der Waals surface area contributed by atoms with Crippen molar-refractivity contribution in [3.05, 3.63) is 35.4 Å². The Morgan fingerprint density at radius 1 is 1.16 bits per heavy atom. The fourth-order valence-corrected chi connectivity index (χ4v) is 3.96. The van der Waals surface area contributed by atoms with E-state index in [-0.39, 0.29) is 0 Å². The monoisotopic (exact) mass is 258 g/mol. The van der Waals surface area contributed by atoms with Crippen molar-refractivity contribution in [2.45, 2.75) is 32.7 Å². The summed E-state index contributed by atoms with van der Waals surface area (Å²) in [6.07, 6.45) is 2.57. The maximum Gasteiger partial charge on any atom is 0.0452 e.